The molecule has 2 heteroatoms. The summed E-state index contributed by atoms with van der Waals surface area (Å²) >= 11 is 0. The van der Waals surface area contributed by atoms with Gasteiger partial charge in [-0.1, -0.05) is 127 Å². The van der Waals surface area contributed by atoms with Crippen LogP contribution < -0.4 is 0 Å². The number of fused-ring (bicyclic) bond motifs is 11. The maximum Gasteiger partial charge on any atom is 0.0635 e. The van der Waals surface area contributed by atoms with Crippen LogP contribution in [0.4, 0.5) is 0 Å². The Balaban J connectivity index is 1.09. The predicted molar refractivity (Wildman–Crippen MR) is 221 cm³/mol. The van der Waals surface area contributed by atoms with Gasteiger partial charge in [-0.3, -0.25) is 0 Å². The average molecular weight is 661 g/mol. The molecule has 52 heavy (non-hydrogen) atoms. The van der Waals surface area contributed by atoms with Crippen molar-refractivity contribution in [3.63, 3.8) is 0 Å². The molecule has 0 amide bonds. The molecule has 0 unspecified atom stereocenters. The van der Waals surface area contributed by atoms with Crippen LogP contribution in [0, 0.1) is 0 Å². The highest BCUT2D eigenvalue weighted by molar-refractivity contribution is 6.26. The summed E-state index contributed by atoms with van der Waals surface area (Å²) in [4.78, 5) is 0. The molecule has 0 aliphatic carbocycles. The summed E-state index contributed by atoms with van der Waals surface area (Å²) in [6.07, 6.45) is 2.20. The van der Waals surface area contributed by atoms with Crippen LogP contribution in [-0.2, 0) is 0 Å². The smallest absolute Gasteiger partial charge is 0.0635 e. The van der Waals surface area contributed by atoms with Crippen molar-refractivity contribution in [2.45, 2.75) is 0 Å². The van der Waals surface area contributed by atoms with E-state index in [9.17, 15) is 0 Å². The molecule has 11 aromatic rings. The fourth-order valence-electron chi connectivity index (χ4n) is 8.53. The third kappa shape index (κ3) is 4.31. The standard InChI is InChI=1S/C50H32N2/c1-3-14-37(15-4-1)51-29-28-45-48(51)27-25-44-47-32-36(23-26-49(47)52(50(44)45)38-16-5-2-6-17-38)34-13-11-12-33(30-34)35-22-24-43-41-20-8-7-18-39(41)40-19-9-10-21-42(40)46(43)31-35/h1-32H. The van der Waals surface area contributed by atoms with Crippen LogP contribution in [0.25, 0.3) is 98.7 Å². The molecule has 11 rings (SSSR count). The van der Waals surface area contributed by atoms with E-state index in [1.165, 1.54) is 87.3 Å². The molecule has 242 valence electrons. The number of hydrogen-bond acceptors (Lipinski definition) is 0. The number of aromatic nitrogens is 2. The van der Waals surface area contributed by atoms with E-state index in [0.717, 1.165) is 11.4 Å². The Labute approximate surface area is 301 Å². The van der Waals surface area contributed by atoms with Gasteiger partial charge in [0.1, 0.15) is 0 Å². The van der Waals surface area contributed by atoms with Crippen molar-refractivity contribution in [1.82, 2.24) is 9.13 Å². The first-order valence-corrected chi connectivity index (χ1v) is 17.9. The SMILES string of the molecule is c1ccc(-n2ccc3c2ccc2c4cc(-c5cccc(-c6ccc7c8ccccc8c8ccccc8c7c6)c5)ccc4n(-c4ccccc4)c23)cc1. The molecule has 0 saturated carbocycles. The molecule has 2 heterocycles. The van der Waals surface area contributed by atoms with Crippen LogP contribution in [0.5, 0.6) is 0 Å². The van der Waals surface area contributed by atoms with Gasteiger partial charge in [0.25, 0.3) is 0 Å². The molecule has 9 aromatic carbocycles. The van der Waals surface area contributed by atoms with Gasteiger partial charge in [0.2, 0.25) is 0 Å². The van der Waals surface area contributed by atoms with Gasteiger partial charge in [-0.05, 0) is 115 Å². The van der Waals surface area contributed by atoms with Crippen LogP contribution in [0.15, 0.2) is 194 Å². The second kappa shape index (κ2) is 11.3. The van der Waals surface area contributed by atoms with Crippen LogP contribution in [-0.4, -0.2) is 9.13 Å². The topological polar surface area (TPSA) is 9.86 Å². The van der Waals surface area contributed by atoms with E-state index in [2.05, 4.69) is 203 Å². The molecular weight excluding hydrogens is 629 g/mol. The second-order valence-electron chi connectivity index (χ2n) is 13.8. The summed E-state index contributed by atoms with van der Waals surface area (Å²) < 4.78 is 4.72. The van der Waals surface area contributed by atoms with Gasteiger partial charge in [-0.25, -0.2) is 0 Å². The molecule has 0 saturated heterocycles. The van der Waals surface area contributed by atoms with E-state index in [4.69, 9.17) is 0 Å². The molecule has 2 nitrogen and oxygen atoms in total. The lowest BCUT2D eigenvalue weighted by Crippen LogP contribution is -1.94. The van der Waals surface area contributed by atoms with Crippen molar-refractivity contribution in [2.75, 3.05) is 0 Å². The van der Waals surface area contributed by atoms with Crippen LogP contribution in [0.2, 0.25) is 0 Å². The second-order valence-corrected chi connectivity index (χ2v) is 13.8. The summed E-state index contributed by atoms with van der Waals surface area (Å²) in [6.45, 7) is 0. The average Bonchev–Trinajstić information content (AvgIpc) is 3.81. The minimum atomic E-state index is 1.16. The molecule has 0 fully saturated rings. The molecule has 2 aromatic heterocycles. The minimum absolute atomic E-state index is 1.16. The number of para-hydroxylation sites is 2. The summed E-state index contributed by atoms with van der Waals surface area (Å²) in [5.41, 5.74) is 10.8. The monoisotopic (exact) mass is 660 g/mol. The van der Waals surface area contributed by atoms with Gasteiger partial charge in [0.15, 0.2) is 0 Å². The van der Waals surface area contributed by atoms with Crippen molar-refractivity contribution >= 4 is 65.0 Å². The fraction of sp³-hybridized carbons (Fsp3) is 0. The van der Waals surface area contributed by atoms with Gasteiger partial charge in [0.05, 0.1) is 16.6 Å². The normalized spacial score (nSPS) is 11.8. The largest absolute Gasteiger partial charge is 0.316 e. The Hall–Kier alpha value is -6.90. The predicted octanol–water partition coefficient (Wildman–Crippen LogP) is 13.5. The Morgan fingerprint density at radius 2 is 0.769 bits per heavy atom. The van der Waals surface area contributed by atoms with Crippen molar-refractivity contribution in [2.24, 2.45) is 0 Å². The van der Waals surface area contributed by atoms with E-state index in [1.807, 2.05) is 0 Å². The Kier molecular flexibility index (Phi) is 6.28. The lowest BCUT2D eigenvalue weighted by molar-refractivity contribution is 1.13. The van der Waals surface area contributed by atoms with Gasteiger partial charge in [-0.15, -0.1) is 0 Å². The highest BCUT2D eigenvalue weighted by Crippen LogP contribution is 2.41. The Bertz CT molecular complexity index is 3130. The molecule has 0 N–H and O–H groups in total. The number of benzene rings is 9. The highest BCUT2D eigenvalue weighted by atomic mass is 15.0. The lowest BCUT2D eigenvalue weighted by Gasteiger charge is -2.13. The van der Waals surface area contributed by atoms with Gasteiger partial charge < -0.3 is 9.13 Å². The maximum atomic E-state index is 2.44. The van der Waals surface area contributed by atoms with Gasteiger partial charge >= 0.3 is 0 Å². The molecular formula is C50H32N2. The summed E-state index contributed by atoms with van der Waals surface area (Å²) in [5.74, 6) is 0. The van der Waals surface area contributed by atoms with Crippen molar-refractivity contribution in [3.8, 4) is 33.6 Å². The zero-order valence-electron chi connectivity index (χ0n) is 28.4. The molecule has 0 bridgehead atoms. The van der Waals surface area contributed by atoms with E-state index < -0.39 is 0 Å². The Morgan fingerprint density at radius 3 is 1.44 bits per heavy atom. The summed E-state index contributed by atoms with van der Waals surface area (Å²) in [5, 5.41) is 11.5. The molecule has 0 aliphatic rings. The first kappa shape index (κ1) is 28.9. The van der Waals surface area contributed by atoms with Crippen molar-refractivity contribution < 1.29 is 0 Å². The quantitative estimate of drug-likeness (QED) is 0.166. The van der Waals surface area contributed by atoms with E-state index in [0.29, 0.717) is 0 Å². The summed E-state index contributed by atoms with van der Waals surface area (Å²) in [6, 6.07) is 68.7. The van der Waals surface area contributed by atoms with Crippen molar-refractivity contribution in [3.05, 3.63) is 194 Å². The highest BCUT2D eigenvalue weighted by Gasteiger charge is 2.18. The number of hydrogen-bond donors (Lipinski definition) is 0. The van der Waals surface area contributed by atoms with Crippen LogP contribution in [0.3, 0.4) is 0 Å². The zero-order chi connectivity index (χ0) is 34.2. The fourth-order valence-corrected chi connectivity index (χ4v) is 8.53. The van der Waals surface area contributed by atoms with Crippen LogP contribution in [0.1, 0.15) is 0 Å². The number of rotatable bonds is 4. The molecule has 0 spiro atoms. The minimum Gasteiger partial charge on any atom is -0.316 e. The van der Waals surface area contributed by atoms with Gasteiger partial charge in [0, 0.05) is 33.7 Å². The molecule has 0 atom stereocenters. The van der Waals surface area contributed by atoms with E-state index >= 15 is 0 Å². The molecule has 0 aliphatic heterocycles. The zero-order valence-corrected chi connectivity index (χ0v) is 28.4. The van der Waals surface area contributed by atoms with Crippen LogP contribution >= 0.6 is 0 Å². The summed E-state index contributed by atoms with van der Waals surface area (Å²) in [7, 11) is 0. The Morgan fingerprint density at radius 1 is 0.269 bits per heavy atom. The van der Waals surface area contributed by atoms with Gasteiger partial charge in [-0.2, -0.15) is 0 Å². The molecule has 0 radical (unpaired) electrons. The first-order valence-electron chi connectivity index (χ1n) is 17.9. The van der Waals surface area contributed by atoms with Crippen molar-refractivity contribution in [1.29, 1.82) is 0 Å². The third-order valence-electron chi connectivity index (χ3n) is 10.9. The third-order valence-corrected chi connectivity index (χ3v) is 10.9. The lowest BCUT2D eigenvalue weighted by atomic mass is 9.91. The van der Waals surface area contributed by atoms with E-state index in [-0.39, 0.29) is 0 Å². The van der Waals surface area contributed by atoms with E-state index in [1.54, 1.807) is 0 Å². The number of nitrogens with zero attached hydrogens (tertiary/aromatic N) is 2. The maximum absolute atomic E-state index is 2.44. The first-order chi connectivity index (χ1) is 25.8.